The van der Waals surface area contributed by atoms with E-state index in [1.54, 1.807) is 0 Å². The summed E-state index contributed by atoms with van der Waals surface area (Å²) in [7, 11) is -10.8. The van der Waals surface area contributed by atoms with Gasteiger partial charge in [0, 0.05) is 0 Å². The van der Waals surface area contributed by atoms with Crippen molar-refractivity contribution in [3.05, 3.63) is 0 Å². The van der Waals surface area contributed by atoms with Gasteiger partial charge in [-0.1, -0.05) is 0 Å². The minimum Gasteiger partial charge on any atom is -0.822 e. The van der Waals surface area contributed by atoms with Gasteiger partial charge in [0.05, 0.1) is 0 Å². The molecule has 0 bridgehead atoms. The molecule has 0 amide bonds. The first kappa shape index (κ1) is 56.7. The molecule has 0 rings (SSSR count). The zero-order chi connectivity index (χ0) is 9.00. The van der Waals surface area contributed by atoms with Gasteiger partial charge in [0.25, 0.3) is 0 Å². The van der Waals surface area contributed by atoms with Gasteiger partial charge >= 0.3 is 177 Å². The summed E-state index contributed by atoms with van der Waals surface area (Å²) < 4.78 is 17.1. The van der Waals surface area contributed by atoms with Crippen LogP contribution in [-0.2, 0) is 9.13 Å². The molecule has 0 aliphatic heterocycles. The van der Waals surface area contributed by atoms with E-state index in [1.807, 2.05) is 0 Å². The van der Waals surface area contributed by atoms with Gasteiger partial charge in [-0.15, -0.1) is 0 Å². The fourth-order valence-electron chi connectivity index (χ4n) is 0. The van der Waals surface area contributed by atoms with Crippen molar-refractivity contribution >= 4 is 15.6 Å². The minimum atomic E-state index is -5.39. The Bertz CT molecular complexity index is 136. The molecule has 72 valence electrons. The summed E-state index contributed by atoms with van der Waals surface area (Å²) in [6, 6.07) is 0. The number of hydrogen-bond acceptors (Lipinski definition) is 8. The summed E-state index contributed by atoms with van der Waals surface area (Å²) >= 11 is 0. The average molecular weight is 346 g/mol. The van der Waals surface area contributed by atoms with Crippen LogP contribution >= 0.6 is 15.6 Å². The molecule has 0 radical (unpaired) electrons. The van der Waals surface area contributed by atoms with Crippen LogP contribution in [0.2, 0.25) is 0 Å². The quantitative estimate of drug-likeness (QED) is 0.303. The molecule has 9 nitrogen and oxygen atoms in total. The van der Waals surface area contributed by atoms with Gasteiger partial charge in [-0.2, -0.15) is 15.6 Å². The second kappa shape index (κ2) is 30.1. The van der Waals surface area contributed by atoms with Crippen LogP contribution in [0.15, 0.2) is 0 Å². The fourth-order valence-corrected chi connectivity index (χ4v) is 0. The molecule has 0 heterocycles. The number of hydrogen-bond donors (Lipinski definition) is 0. The Morgan fingerprint density at radius 2 is 0.471 bits per heavy atom. The van der Waals surface area contributed by atoms with Gasteiger partial charge in [-0.05, 0) is 0 Å². The molecule has 0 fully saturated rings. The predicted molar refractivity (Wildman–Crippen MR) is 18.8 cm³/mol. The second-order valence-electron chi connectivity index (χ2n) is 0.894. The van der Waals surface area contributed by atoms with Crippen LogP contribution in [0, 0.1) is 0 Å². The third-order valence-corrected chi connectivity index (χ3v) is 0. The first-order chi connectivity index (χ1) is 4.00. The van der Waals surface area contributed by atoms with Gasteiger partial charge in [0.1, 0.15) is 0 Å². The van der Waals surface area contributed by atoms with Gasteiger partial charge in [-0.25, -0.2) is 0 Å². The van der Waals surface area contributed by atoms with E-state index >= 15 is 0 Å². The van der Waals surface area contributed by atoms with E-state index in [9.17, 15) is 0 Å². The molecule has 0 saturated carbocycles. The van der Waals surface area contributed by atoms with Gasteiger partial charge in [-0.3, -0.25) is 0 Å². The van der Waals surface area contributed by atoms with E-state index in [0.29, 0.717) is 0 Å². The van der Waals surface area contributed by atoms with Gasteiger partial charge in [0.2, 0.25) is 0 Å². The van der Waals surface area contributed by atoms with E-state index in [-0.39, 0.29) is 183 Å². The van der Waals surface area contributed by atoms with Crippen molar-refractivity contribution < 1.29 is 221 Å². The summed E-state index contributed by atoms with van der Waals surface area (Å²) in [6.45, 7) is 0. The molecule has 17 heteroatoms. The van der Waals surface area contributed by atoms with Gasteiger partial charge in [0.15, 0.2) is 0 Å². The predicted octanol–water partition coefficient (Wildman–Crippen LogP) is -24.4. The van der Waals surface area contributed by atoms with Crippen molar-refractivity contribution in [1.29, 1.82) is 0 Å². The van der Waals surface area contributed by atoms with Crippen LogP contribution in [0.1, 0.15) is 0 Å². The molecular weight excluding hydrogens is 344 g/mol. The number of phosphoric acid groups is 2. The van der Waals surface area contributed by atoms with Crippen LogP contribution in [-0.4, -0.2) is 5.48 Å². The monoisotopic (exact) mass is 346 g/mol. The molecule has 0 aliphatic rings. The third kappa shape index (κ3) is 236. The Morgan fingerprint density at radius 3 is 0.471 bits per heavy atom. The zero-order valence-electron chi connectivity index (χ0n) is 10.7. The van der Waals surface area contributed by atoms with Crippen molar-refractivity contribution in [2.24, 2.45) is 0 Å². The van der Waals surface area contributed by atoms with E-state index in [0.717, 1.165) is 0 Å². The SMILES string of the molecule is O.O=P([O-])([O-])[O-].O=P([O-])([O-])[O-].[Na+].[Na+].[Na+].[Na+].[Na+].[Na+]. The molecule has 2 N–H and O–H groups in total. The fraction of sp³-hybridized carbons (Fsp3) is 0. The molecule has 0 aromatic carbocycles. The largest absolute Gasteiger partial charge is 1.00 e. The summed E-state index contributed by atoms with van der Waals surface area (Å²) in [4.78, 5) is 51.3. The molecule has 0 aromatic rings. The Morgan fingerprint density at radius 1 is 0.471 bits per heavy atom. The molecule has 0 saturated heterocycles. The normalized spacial score (nSPS) is 6.94. The van der Waals surface area contributed by atoms with Crippen molar-refractivity contribution in [3.8, 4) is 0 Å². The first-order valence-electron chi connectivity index (χ1n) is 1.46. The number of rotatable bonds is 0. The molecule has 0 aliphatic carbocycles. The Balaban J connectivity index is -0.00000000762. The van der Waals surface area contributed by atoms with Crippen LogP contribution in [0.4, 0.5) is 0 Å². The molecule has 0 unspecified atom stereocenters. The van der Waals surface area contributed by atoms with Crippen molar-refractivity contribution in [1.82, 2.24) is 0 Å². The Labute approximate surface area is 231 Å². The smallest absolute Gasteiger partial charge is 0.822 e. The molecule has 17 heavy (non-hydrogen) atoms. The van der Waals surface area contributed by atoms with Crippen LogP contribution in [0.3, 0.4) is 0 Å². The Hall–Kier alpha value is 6.18. The zero-order valence-corrected chi connectivity index (χ0v) is 24.4. The molecule has 0 atom stereocenters. The van der Waals surface area contributed by atoms with Crippen LogP contribution in [0.25, 0.3) is 0 Å². The second-order valence-corrected chi connectivity index (χ2v) is 2.68. The molecule has 0 aromatic heterocycles. The standard InChI is InChI=1S/6Na.2H3O4P.H2O/c;;;;;;2*1-5(2,3)4;/h;;;;;;2*(H3,1,2,3,4);1H2/q6*+1;;;/p-6. The summed E-state index contributed by atoms with van der Waals surface area (Å²) in [6.07, 6.45) is 0. The van der Waals surface area contributed by atoms with Crippen LogP contribution in [0.5, 0.6) is 0 Å². The van der Waals surface area contributed by atoms with E-state index in [1.165, 1.54) is 0 Å². The minimum absolute atomic E-state index is 0. The summed E-state index contributed by atoms with van der Waals surface area (Å²) in [5, 5.41) is 0. The van der Waals surface area contributed by atoms with Crippen molar-refractivity contribution in [2.75, 3.05) is 0 Å². The summed E-state index contributed by atoms with van der Waals surface area (Å²) in [5.74, 6) is 0. The van der Waals surface area contributed by atoms with Gasteiger partial charge < -0.3 is 44.0 Å². The maximum atomic E-state index is 8.55. The topological polar surface area (TPSA) is 204 Å². The maximum Gasteiger partial charge on any atom is 1.00 e. The average Bonchev–Trinajstić information content (AvgIpc) is 1.12. The van der Waals surface area contributed by atoms with Crippen LogP contribution < -0.4 is 207 Å². The Kier molecular flexibility index (Phi) is 100. The van der Waals surface area contributed by atoms with E-state index in [2.05, 4.69) is 0 Å². The maximum absolute atomic E-state index is 8.55. The third-order valence-electron chi connectivity index (χ3n) is 0. The van der Waals surface area contributed by atoms with Crippen molar-refractivity contribution in [3.63, 3.8) is 0 Å². The first-order valence-corrected chi connectivity index (χ1v) is 4.38. The van der Waals surface area contributed by atoms with Crippen molar-refractivity contribution in [2.45, 2.75) is 0 Å². The summed E-state index contributed by atoms with van der Waals surface area (Å²) in [5.41, 5.74) is 0. The van der Waals surface area contributed by atoms with E-state index < -0.39 is 15.6 Å². The molecule has 0 spiro atoms. The van der Waals surface area contributed by atoms with E-state index in [4.69, 9.17) is 38.5 Å². The molecular formula is H2Na6O9P2.